The highest BCUT2D eigenvalue weighted by Gasteiger charge is 2.23. The number of nitrogens with zero attached hydrogens (tertiary/aromatic N) is 2. The molecule has 2 aromatic rings. The van der Waals surface area contributed by atoms with Crippen molar-refractivity contribution in [2.45, 2.75) is 52.1 Å². The van der Waals surface area contributed by atoms with Crippen molar-refractivity contribution in [3.8, 4) is 11.8 Å². The van der Waals surface area contributed by atoms with Gasteiger partial charge in [0.15, 0.2) is 11.6 Å². The second-order valence-corrected chi connectivity index (χ2v) is 8.41. The molecule has 1 unspecified atom stereocenters. The van der Waals surface area contributed by atoms with Gasteiger partial charge in [0.05, 0.1) is 6.61 Å². The third-order valence-electron chi connectivity index (χ3n) is 5.01. The Labute approximate surface area is 157 Å². The molecule has 0 spiro atoms. The standard InChI is InChI=1S/C20H28FN2O2P/c1-5-20(2,3)12-24-14-11-15(26)17-18(16(14)21)23(4)19(22-17)25-13-9-7-6-8-10-13/h5,11,13H,1,6-10,12,26H2,2-4H3. The van der Waals surface area contributed by atoms with Crippen LogP contribution in [0.4, 0.5) is 4.39 Å². The van der Waals surface area contributed by atoms with Gasteiger partial charge in [-0.2, -0.15) is 4.98 Å². The molecule has 1 saturated carbocycles. The Morgan fingerprint density at radius 1 is 1.38 bits per heavy atom. The summed E-state index contributed by atoms with van der Waals surface area (Å²) in [6.45, 7) is 8.15. The molecule has 1 heterocycles. The number of benzene rings is 1. The van der Waals surface area contributed by atoms with Crippen LogP contribution in [0.5, 0.6) is 11.8 Å². The lowest BCUT2D eigenvalue weighted by Gasteiger charge is -2.22. The van der Waals surface area contributed by atoms with Crippen LogP contribution in [0, 0.1) is 11.2 Å². The van der Waals surface area contributed by atoms with E-state index in [1.54, 1.807) is 17.7 Å². The smallest absolute Gasteiger partial charge is 0.297 e. The lowest BCUT2D eigenvalue weighted by Crippen LogP contribution is -2.21. The van der Waals surface area contributed by atoms with Gasteiger partial charge in [0, 0.05) is 17.8 Å². The van der Waals surface area contributed by atoms with Crippen LogP contribution in [-0.4, -0.2) is 22.3 Å². The van der Waals surface area contributed by atoms with Gasteiger partial charge in [-0.05, 0) is 31.7 Å². The number of fused-ring (bicyclic) bond motifs is 1. The predicted octanol–water partition coefficient (Wildman–Crippen LogP) is 4.52. The first kappa shape index (κ1) is 19.2. The van der Waals surface area contributed by atoms with Crippen molar-refractivity contribution in [2.75, 3.05) is 6.61 Å². The molecule has 1 aromatic carbocycles. The topological polar surface area (TPSA) is 36.3 Å². The summed E-state index contributed by atoms with van der Waals surface area (Å²) in [4.78, 5) is 4.54. The maximum Gasteiger partial charge on any atom is 0.297 e. The fraction of sp³-hybridized carbons (Fsp3) is 0.550. The van der Waals surface area contributed by atoms with E-state index in [-0.39, 0.29) is 17.3 Å². The number of hydrogen-bond donors (Lipinski definition) is 0. The van der Waals surface area contributed by atoms with E-state index in [0.29, 0.717) is 23.7 Å². The molecular formula is C20H28FN2O2P. The van der Waals surface area contributed by atoms with Crippen molar-refractivity contribution in [2.24, 2.45) is 12.5 Å². The first-order valence-corrected chi connectivity index (χ1v) is 9.77. The monoisotopic (exact) mass is 378 g/mol. The number of halogens is 1. The van der Waals surface area contributed by atoms with E-state index in [1.807, 2.05) is 19.9 Å². The van der Waals surface area contributed by atoms with Crippen molar-refractivity contribution < 1.29 is 13.9 Å². The molecule has 6 heteroatoms. The maximum atomic E-state index is 15.1. The number of imidazole rings is 1. The second-order valence-electron chi connectivity index (χ2n) is 7.79. The fourth-order valence-electron chi connectivity index (χ4n) is 3.19. The summed E-state index contributed by atoms with van der Waals surface area (Å²) in [5.41, 5.74) is 0.773. The molecule has 0 amide bonds. The molecule has 26 heavy (non-hydrogen) atoms. The third-order valence-corrected chi connectivity index (χ3v) is 5.46. The van der Waals surface area contributed by atoms with Crippen LogP contribution in [0.3, 0.4) is 0 Å². The minimum atomic E-state index is -0.403. The van der Waals surface area contributed by atoms with Crippen LogP contribution in [0.15, 0.2) is 18.7 Å². The lowest BCUT2D eigenvalue weighted by molar-refractivity contribution is 0.138. The number of rotatable bonds is 6. The van der Waals surface area contributed by atoms with E-state index < -0.39 is 5.82 Å². The molecule has 0 bridgehead atoms. The highest BCUT2D eigenvalue weighted by molar-refractivity contribution is 7.28. The Morgan fingerprint density at radius 2 is 2.08 bits per heavy atom. The Bertz CT molecular complexity index is 810. The van der Waals surface area contributed by atoms with Crippen LogP contribution in [-0.2, 0) is 7.05 Å². The van der Waals surface area contributed by atoms with Gasteiger partial charge in [-0.1, -0.05) is 26.3 Å². The van der Waals surface area contributed by atoms with E-state index >= 15 is 4.39 Å². The van der Waals surface area contributed by atoms with Crippen molar-refractivity contribution in [3.63, 3.8) is 0 Å². The second kappa shape index (κ2) is 7.56. The number of ether oxygens (including phenoxy) is 2. The number of aromatic nitrogens is 2. The fourth-order valence-corrected chi connectivity index (χ4v) is 3.54. The zero-order valence-electron chi connectivity index (χ0n) is 15.8. The number of hydrogen-bond acceptors (Lipinski definition) is 3. The van der Waals surface area contributed by atoms with Gasteiger partial charge in [-0.3, -0.25) is 4.57 Å². The summed E-state index contributed by atoms with van der Waals surface area (Å²) < 4.78 is 28.6. The molecule has 1 aliphatic rings. The Balaban J connectivity index is 1.92. The van der Waals surface area contributed by atoms with E-state index in [4.69, 9.17) is 9.47 Å². The molecule has 4 nitrogen and oxygen atoms in total. The molecule has 0 N–H and O–H groups in total. The van der Waals surface area contributed by atoms with Crippen LogP contribution in [0.25, 0.3) is 11.0 Å². The van der Waals surface area contributed by atoms with Crippen molar-refractivity contribution in [1.29, 1.82) is 0 Å². The van der Waals surface area contributed by atoms with Crippen LogP contribution >= 0.6 is 9.24 Å². The van der Waals surface area contributed by atoms with Gasteiger partial charge in [-0.15, -0.1) is 15.8 Å². The largest absolute Gasteiger partial charge is 0.490 e. The molecule has 0 radical (unpaired) electrons. The molecule has 3 rings (SSSR count). The Morgan fingerprint density at radius 3 is 2.73 bits per heavy atom. The van der Waals surface area contributed by atoms with E-state index in [1.165, 1.54) is 19.3 Å². The van der Waals surface area contributed by atoms with Gasteiger partial charge in [-0.25, -0.2) is 4.39 Å². The maximum absolute atomic E-state index is 15.1. The average molecular weight is 378 g/mol. The molecule has 0 aliphatic heterocycles. The van der Waals surface area contributed by atoms with E-state index in [0.717, 1.165) is 18.1 Å². The average Bonchev–Trinajstić information content (AvgIpc) is 2.95. The highest BCUT2D eigenvalue weighted by atomic mass is 31.0. The first-order valence-electron chi connectivity index (χ1n) is 9.20. The summed E-state index contributed by atoms with van der Waals surface area (Å²) in [6.07, 6.45) is 7.65. The molecule has 1 atom stereocenters. The number of aryl methyl sites for hydroxylation is 1. The van der Waals surface area contributed by atoms with Crippen molar-refractivity contribution >= 4 is 25.6 Å². The summed E-state index contributed by atoms with van der Waals surface area (Å²) in [6, 6.07) is 2.15. The van der Waals surface area contributed by atoms with Gasteiger partial charge < -0.3 is 9.47 Å². The summed E-state index contributed by atoms with van der Waals surface area (Å²) in [5, 5.41) is 0.793. The highest BCUT2D eigenvalue weighted by Crippen LogP contribution is 2.31. The molecule has 1 aliphatic carbocycles. The van der Waals surface area contributed by atoms with Crippen molar-refractivity contribution in [1.82, 2.24) is 9.55 Å². The third kappa shape index (κ3) is 3.88. The summed E-state index contributed by atoms with van der Waals surface area (Å²) in [7, 11) is 4.41. The van der Waals surface area contributed by atoms with Crippen LogP contribution in [0.1, 0.15) is 46.0 Å². The molecule has 1 aromatic heterocycles. The normalized spacial score (nSPS) is 16.0. The zero-order valence-corrected chi connectivity index (χ0v) is 17.0. The minimum Gasteiger partial charge on any atom is -0.490 e. The van der Waals surface area contributed by atoms with Crippen LogP contribution in [0.2, 0.25) is 0 Å². The Kier molecular flexibility index (Phi) is 5.57. The molecule has 0 saturated heterocycles. The van der Waals surface area contributed by atoms with Gasteiger partial charge in [0.25, 0.3) is 6.01 Å². The molecule has 142 valence electrons. The SMILES string of the molecule is C=CC(C)(C)COc1cc(P)c2nc(OC3CCCCC3)n(C)c2c1F. The summed E-state index contributed by atoms with van der Waals surface area (Å²) in [5.74, 6) is -0.177. The van der Waals surface area contributed by atoms with Gasteiger partial charge >= 0.3 is 0 Å². The minimum absolute atomic E-state index is 0.166. The van der Waals surface area contributed by atoms with Gasteiger partial charge in [0.1, 0.15) is 17.1 Å². The van der Waals surface area contributed by atoms with Crippen LogP contribution < -0.4 is 14.8 Å². The van der Waals surface area contributed by atoms with Gasteiger partial charge in [0.2, 0.25) is 0 Å². The lowest BCUT2D eigenvalue weighted by atomic mass is 9.95. The van der Waals surface area contributed by atoms with E-state index in [2.05, 4.69) is 20.8 Å². The van der Waals surface area contributed by atoms with E-state index in [9.17, 15) is 0 Å². The zero-order chi connectivity index (χ0) is 18.9. The predicted molar refractivity (Wildman–Crippen MR) is 107 cm³/mol. The molecule has 1 fully saturated rings. The first-order chi connectivity index (χ1) is 12.3. The van der Waals surface area contributed by atoms with Crippen molar-refractivity contribution in [3.05, 3.63) is 24.5 Å². The summed E-state index contributed by atoms with van der Waals surface area (Å²) >= 11 is 0. The quantitative estimate of drug-likeness (QED) is 0.548. The Hall–Kier alpha value is -1.61. The molecular weight excluding hydrogens is 350 g/mol.